The summed E-state index contributed by atoms with van der Waals surface area (Å²) < 4.78 is 0. The van der Waals surface area contributed by atoms with Crippen LogP contribution in [0.3, 0.4) is 0 Å². The molecule has 0 bridgehead atoms. The molecule has 0 radical (unpaired) electrons. The molecule has 100 valence electrons. The first-order chi connectivity index (χ1) is 8.05. The Morgan fingerprint density at radius 2 is 2.00 bits per heavy atom. The van der Waals surface area contributed by atoms with Crippen LogP contribution in [0.15, 0.2) is 0 Å². The molecule has 2 heteroatoms. The first-order valence-electron chi connectivity index (χ1n) is 7.47. The molecule has 2 unspecified atom stereocenters. The highest BCUT2D eigenvalue weighted by Crippen LogP contribution is 2.33. The number of hydrogen-bond donors (Lipinski definition) is 1. The lowest BCUT2D eigenvalue weighted by Crippen LogP contribution is -2.34. The normalized spacial score (nSPS) is 34.8. The van der Waals surface area contributed by atoms with Gasteiger partial charge in [0.05, 0.1) is 0 Å². The summed E-state index contributed by atoms with van der Waals surface area (Å²) in [7, 11) is 2.24. The van der Waals surface area contributed by atoms with Crippen molar-refractivity contribution in [3.8, 4) is 0 Å². The fourth-order valence-corrected chi connectivity index (χ4v) is 3.39. The van der Waals surface area contributed by atoms with E-state index in [4.69, 9.17) is 0 Å². The zero-order valence-corrected chi connectivity index (χ0v) is 12.0. The third-order valence-corrected chi connectivity index (χ3v) is 4.76. The van der Waals surface area contributed by atoms with Crippen molar-refractivity contribution in [2.45, 2.75) is 58.4 Å². The van der Waals surface area contributed by atoms with Gasteiger partial charge in [-0.1, -0.05) is 20.3 Å². The SMILES string of the molecule is CN1CCC(CNC2CCCC(C)(C)CC2)C1. The highest BCUT2D eigenvalue weighted by atomic mass is 15.1. The molecule has 1 heterocycles. The van der Waals surface area contributed by atoms with Crippen LogP contribution in [0.5, 0.6) is 0 Å². The minimum absolute atomic E-state index is 0.587. The van der Waals surface area contributed by atoms with E-state index >= 15 is 0 Å². The van der Waals surface area contributed by atoms with Crippen molar-refractivity contribution in [2.24, 2.45) is 11.3 Å². The molecule has 0 amide bonds. The van der Waals surface area contributed by atoms with Gasteiger partial charge in [0, 0.05) is 12.6 Å². The highest BCUT2D eigenvalue weighted by molar-refractivity contribution is 4.82. The molecule has 17 heavy (non-hydrogen) atoms. The quantitative estimate of drug-likeness (QED) is 0.761. The first-order valence-corrected chi connectivity index (χ1v) is 7.47. The van der Waals surface area contributed by atoms with Gasteiger partial charge in [-0.05, 0) is 63.6 Å². The van der Waals surface area contributed by atoms with Crippen LogP contribution >= 0.6 is 0 Å². The fourth-order valence-electron chi connectivity index (χ4n) is 3.39. The van der Waals surface area contributed by atoms with Crippen LogP contribution in [0, 0.1) is 11.3 Å². The molecular formula is C15H30N2. The summed E-state index contributed by atoms with van der Waals surface area (Å²) in [4.78, 5) is 2.46. The zero-order valence-electron chi connectivity index (χ0n) is 12.0. The molecule has 0 spiro atoms. The predicted octanol–water partition coefficient (Wildman–Crippen LogP) is 2.89. The first kappa shape index (κ1) is 13.4. The van der Waals surface area contributed by atoms with Crippen LogP contribution in [-0.4, -0.2) is 37.6 Å². The Hall–Kier alpha value is -0.0800. The molecule has 1 aliphatic heterocycles. The van der Waals surface area contributed by atoms with Gasteiger partial charge in [0.2, 0.25) is 0 Å². The molecule has 2 fully saturated rings. The van der Waals surface area contributed by atoms with Gasteiger partial charge in [0.1, 0.15) is 0 Å². The standard InChI is InChI=1S/C15H30N2/c1-15(2)8-4-5-14(6-9-15)16-11-13-7-10-17(3)12-13/h13-14,16H,4-12H2,1-3H3. The van der Waals surface area contributed by atoms with Gasteiger partial charge < -0.3 is 10.2 Å². The maximum atomic E-state index is 3.84. The van der Waals surface area contributed by atoms with E-state index in [0.29, 0.717) is 5.41 Å². The summed E-state index contributed by atoms with van der Waals surface area (Å²) in [6.45, 7) is 8.70. The molecule has 0 aromatic heterocycles. The number of nitrogens with one attached hydrogen (secondary N) is 1. The van der Waals surface area contributed by atoms with Gasteiger partial charge in [-0.15, -0.1) is 0 Å². The molecular weight excluding hydrogens is 208 g/mol. The van der Waals surface area contributed by atoms with Crippen molar-refractivity contribution in [2.75, 3.05) is 26.7 Å². The second-order valence-electron chi connectivity index (χ2n) is 7.12. The monoisotopic (exact) mass is 238 g/mol. The Labute approximate surface area is 107 Å². The van der Waals surface area contributed by atoms with Crippen molar-refractivity contribution in [1.29, 1.82) is 0 Å². The minimum atomic E-state index is 0.587. The minimum Gasteiger partial charge on any atom is -0.314 e. The molecule has 0 aromatic carbocycles. The third-order valence-electron chi connectivity index (χ3n) is 4.76. The van der Waals surface area contributed by atoms with E-state index in [-0.39, 0.29) is 0 Å². The Morgan fingerprint density at radius 3 is 2.71 bits per heavy atom. The van der Waals surface area contributed by atoms with Crippen LogP contribution in [0.4, 0.5) is 0 Å². The van der Waals surface area contributed by atoms with Crippen LogP contribution in [0.1, 0.15) is 52.4 Å². The number of hydrogen-bond acceptors (Lipinski definition) is 2. The summed E-state index contributed by atoms with van der Waals surface area (Å²) in [5.74, 6) is 0.899. The van der Waals surface area contributed by atoms with Gasteiger partial charge >= 0.3 is 0 Å². The topological polar surface area (TPSA) is 15.3 Å². The summed E-state index contributed by atoms with van der Waals surface area (Å²) >= 11 is 0. The average molecular weight is 238 g/mol. The molecule has 2 nitrogen and oxygen atoms in total. The van der Waals surface area contributed by atoms with Crippen molar-refractivity contribution < 1.29 is 0 Å². The molecule has 1 saturated carbocycles. The van der Waals surface area contributed by atoms with Gasteiger partial charge in [0.15, 0.2) is 0 Å². The summed E-state index contributed by atoms with van der Waals surface area (Å²) in [6, 6.07) is 0.794. The summed E-state index contributed by atoms with van der Waals surface area (Å²) in [5, 5.41) is 3.84. The Balaban J connectivity index is 1.69. The van der Waals surface area contributed by atoms with E-state index in [2.05, 4.69) is 31.1 Å². The molecule has 1 aliphatic carbocycles. The van der Waals surface area contributed by atoms with Crippen molar-refractivity contribution in [1.82, 2.24) is 10.2 Å². The second kappa shape index (κ2) is 5.71. The molecule has 2 aliphatic rings. The van der Waals surface area contributed by atoms with Crippen LogP contribution in [0.25, 0.3) is 0 Å². The van der Waals surface area contributed by atoms with Gasteiger partial charge in [-0.3, -0.25) is 0 Å². The molecule has 2 rings (SSSR count). The summed E-state index contributed by atoms with van der Waals surface area (Å²) in [5.41, 5.74) is 0.587. The molecule has 2 atom stereocenters. The third kappa shape index (κ3) is 4.26. The average Bonchev–Trinajstić information content (AvgIpc) is 2.59. The highest BCUT2D eigenvalue weighted by Gasteiger charge is 2.25. The number of rotatable bonds is 3. The van der Waals surface area contributed by atoms with Crippen LogP contribution in [0.2, 0.25) is 0 Å². The van der Waals surface area contributed by atoms with Crippen molar-refractivity contribution in [3.63, 3.8) is 0 Å². The van der Waals surface area contributed by atoms with E-state index in [1.54, 1.807) is 0 Å². The predicted molar refractivity (Wildman–Crippen MR) is 74.3 cm³/mol. The van der Waals surface area contributed by atoms with E-state index < -0.39 is 0 Å². The lowest BCUT2D eigenvalue weighted by atomic mass is 9.85. The smallest absolute Gasteiger partial charge is 0.00673 e. The lowest BCUT2D eigenvalue weighted by molar-refractivity contribution is 0.307. The van der Waals surface area contributed by atoms with Crippen LogP contribution < -0.4 is 5.32 Å². The zero-order chi connectivity index (χ0) is 12.3. The van der Waals surface area contributed by atoms with E-state index in [1.165, 1.54) is 58.2 Å². The van der Waals surface area contributed by atoms with Gasteiger partial charge in [-0.25, -0.2) is 0 Å². The van der Waals surface area contributed by atoms with E-state index in [1.807, 2.05) is 0 Å². The van der Waals surface area contributed by atoms with Crippen molar-refractivity contribution in [3.05, 3.63) is 0 Å². The largest absolute Gasteiger partial charge is 0.314 e. The van der Waals surface area contributed by atoms with Gasteiger partial charge in [-0.2, -0.15) is 0 Å². The van der Waals surface area contributed by atoms with Crippen LogP contribution in [-0.2, 0) is 0 Å². The second-order valence-corrected chi connectivity index (χ2v) is 7.12. The Bertz CT molecular complexity index is 237. The maximum absolute atomic E-state index is 3.84. The number of likely N-dealkylation sites (tertiary alicyclic amines) is 1. The Kier molecular flexibility index (Phi) is 4.48. The fraction of sp³-hybridized carbons (Fsp3) is 1.00. The lowest BCUT2D eigenvalue weighted by Gasteiger charge is -2.22. The maximum Gasteiger partial charge on any atom is 0.00673 e. The van der Waals surface area contributed by atoms with Gasteiger partial charge in [0.25, 0.3) is 0 Å². The molecule has 1 saturated heterocycles. The summed E-state index contributed by atoms with van der Waals surface area (Å²) in [6.07, 6.45) is 8.39. The Morgan fingerprint density at radius 1 is 1.18 bits per heavy atom. The van der Waals surface area contributed by atoms with E-state index in [9.17, 15) is 0 Å². The van der Waals surface area contributed by atoms with E-state index in [0.717, 1.165) is 12.0 Å². The van der Waals surface area contributed by atoms with Crippen molar-refractivity contribution >= 4 is 0 Å². The molecule has 1 N–H and O–H groups in total. The molecule has 0 aromatic rings. The number of nitrogens with zero attached hydrogens (tertiary/aromatic N) is 1.